The molecule has 0 radical (unpaired) electrons. The maximum Gasteiger partial charge on any atom is 0.128 e. The molecule has 1 aliphatic heterocycles. The Morgan fingerprint density at radius 2 is 2.13 bits per heavy atom. The van der Waals surface area contributed by atoms with Crippen LogP contribution >= 0.6 is 0 Å². The highest BCUT2D eigenvalue weighted by molar-refractivity contribution is 5.42. The lowest BCUT2D eigenvalue weighted by Gasteiger charge is -2.20. The van der Waals surface area contributed by atoms with E-state index in [4.69, 9.17) is 5.73 Å². The number of piperidine rings is 1. The summed E-state index contributed by atoms with van der Waals surface area (Å²) in [5, 5.41) is 0. The molecular formula is C12H17N3. The second-order valence-electron chi connectivity index (χ2n) is 4.77. The summed E-state index contributed by atoms with van der Waals surface area (Å²) >= 11 is 0. The van der Waals surface area contributed by atoms with Gasteiger partial charge in [0.05, 0.1) is 0 Å². The van der Waals surface area contributed by atoms with Crippen molar-refractivity contribution in [3.8, 4) is 0 Å². The van der Waals surface area contributed by atoms with Crippen molar-refractivity contribution in [2.24, 2.45) is 23.5 Å². The minimum atomic E-state index is 0.797. The zero-order chi connectivity index (χ0) is 10.4. The molecule has 1 aromatic heterocycles. The number of hydrogen-bond donors (Lipinski definition) is 1. The van der Waals surface area contributed by atoms with Gasteiger partial charge in [0.2, 0.25) is 0 Å². The highest BCUT2D eigenvalue weighted by Gasteiger charge is 2.54. The lowest BCUT2D eigenvalue weighted by Crippen LogP contribution is -2.26. The van der Waals surface area contributed by atoms with Gasteiger partial charge in [-0.15, -0.1) is 0 Å². The van der Waals surface area contributed by atoms with Crippen molar-refractivity contribution in [1.82, 2.24) is 4.98 Å². The minimum absolute atomic E-state index is 0.797. The van der Waals surface area contributed by atoms with Crippen LogP contribution in [-0.4, -0.2) is 24.6 Å². The van der Waals surface area contributed by atoms with Gasteiger partial charge >= 0.3 is 0 Å². The SMILES string of the molecule is Cc1cccc(N2CC3C(CN)C3C2)n1. The van der Waals surface area contributed by atoms with Crippen molar-refractivity contribution in [1.29, 1.82) is 0 Å². The molecule has 2 atom stereocenters. The van der Waals surface area contributed by atoms with Gasteiger partial charge in [-0.2, -0.15) is 0 Å². The Bertz CT molecular complexity index is 365. The lowest BCUT2D eigenvalue weighted by molar-refractivity contribution is 0.643. The van der Waals surface area contributed by atoms with Crippen LogP contribution < -0.4 is 10.6 Å². The maximum atomic E-state index is 5.70. The molecule has 2 aliphatic rings. The summed E-state index contributed by atoms with van der Waals surface area (Å²) in [4.78, 5) is 6.95. The van der Waals surface area contributed by atoms with Crippen molar-refractivity contribution < 1.29 is 0 Å². The van der Waals surface area contributed by atoms with Gasteiger partial charge < -0.3 is 10.6 Å². The number of pyridine rings is 1. The van der Waals surface area contributed by atoms with Crippen LogP contribution in [0.3, 0.4) is 0 Å². The molecule has 3 nitrogen and oxygen atoms in total. The van der Waals surface area contributed by atoms with Gasteiger partial charge in [0, 0.05) is 18.8 Å². The normalized spacial score (nSPS) is 32.9. The molecule has 1 saturated heterocycles. The van der Waals surface area contributed by atoms with E-state index >= 15 is 0 Å². The van der Waals surface area contributed by atoms with Crippen LogP contribution in [-0.2, 0) is 0 Å². The average Bonchev–Trinajstić information content (AvgIpc) is 2.70. The summed E-state index contributed by atoms with van der Waals surface area (Å²) < 4.78 is 0. The molecule has 2 unspecified atom stereocenters. The second kappa shape index (κ2) is 3.20. The Morgan fingerprint density at radius 1 is 1.40 bits per heavy atom. The zero-order valence-corrected chi connectivity index (χ0v) is 9.06. The third-order valence-corrected chi connectivity index (χ3v) is 3.84. The van der Waals surface area contributed by atoms with E-state index < -0.39 is 0 Å². The molecule has 2 fully saturated rings. The number of hydrogen-bond acceptors (Lipinski definition) is 3. The van der Waals surface area contributed by atoms with Crippen molar-refractivity contribution in [2.45, 2.75) is 6.92 Å². The van der Waals surface area contributed by atoms with Gasteiger partial charge in [-0.25, -0.2) is 4.98 Å². The van der Waals surface area contributed by atoms with Crippen molar-refractivity contribution in [3.63, 3.8) is 0 Å². The first-order valence-corrected chi connectivity index (χ1v) is 5.68. The van der Waals surface area contributed by atoms with E-state index in [-0.39, 0.29) is 0 Å². The predicted molar refractivity (Wildman–Crippen MR) is 60.7 cm³/mol. The standard InChI is InChI=1S/C12H17N3/c1-8-3-2-4-12(14-8)15-6-10-9(5-13)11(10)7-15/h2-4,9-11H,5-7,13H2,1H3. The number of nitrogens with zero attached hydrogens (tertiary/aromatic N) is 2. The van der Waals surface area contributed by atoms with E-state index in [1.165, 1.54) is 0 Å². The highest BCUT2D eigenvalue weighted by atomic mass is 15.2. The van der Waals surface area contributed by atoms with Crippen LogP contribution in [0.25, 0.3) is 0 Å². The van der Waals surface area contributed by atoms with Crippen LogP contribution in [0.1, 0.15) is 5.69 Å². The molecule has 0 bridgehead atoms. The lowest BCUT2D eigenvalue weighted by atomic mass is 10.2. The van der Waals surface area contributed by atoms with Gasteiger partial charge in [0.25, 0.3) is 0 Å². The predicted octanol–water partition coefficient (Wildman–Crippen LogP) is 1.03. The molecule has 1 aromatic rings. The molecule has 2 N–H and O–H groups in total. The fraction of sp³-hybridized carbons (Fsp3) is 0.583. The highest BCUT2D eigenvalue weighted by Crippen LogP contribution is 2.51. The van der Waals surface area contributed by atoms with Crippen LogP contribution in [0.15, 0.2) is 18.2 Å². The molecular weight excluding hydrogens is 186 g/mol. The quantitative estimate of drug-likeness (QED) is 0.780. The summed E-state index contributed by atoms with van der Waals surface area (Å²) in [6, 6.07) is 6.24. The Hall–Kier alpha value is -1.09. The number of fused-ring (bicyclic) bond motifs is 1. The zero-order valence-electron chi connectivity index (χ0n) is 9.06. The van der Waals surface area contributed by atoms with E-state index in [1.54, 1.807) is 0 Å². The summed E-state index contributed by atoms with van der Waals surface area (Å²) in [6.45, 7) is 5.22. The van der Waals surface area contributed by atoms with Gasteiger partial charge in [-0.3, -0.25) is 0 Å². The van der Waals surface area contributed by atoms with Crippen LogP contribution in [0.5, 0.6) is 0 Å². The van der Waals surface area contributed by atoms with Crippen LogP contribution in [0.4, 0.5) is 5.82 Å². The van der Waals surface area contributed by atoms with Gasteiger partial charge in [0.15, 0.2) is 0 Å². The van der Waals surface area contributed by atoms with Crippen molar-refractivity contribution in [3.05, 3.63) is 23.9 Å². The molecule has 3 rings (SSSR count). The van der Waals surface area contributed by atoms with Gasteiger partial charge in [0.1, 0.15) is 5.82 Å². The summed E-state index contributed by atoms with van der Waals surface area (Å²) in [5.74, 6) is 3.62. The van der Waals surface area contributed by atoms with Crippen molar-refractivity contribution >= 4 is 5.82 Å². The summed E-state index contributed by atoms with van der Waals surface area (Å²) in [6.07, 6.45) is 0. The van der Waals surface area contributed by atoms with Crippen LogP contribution in [0, 0.1) is 24.7 Å². The Morgan fingerprint density at radius 3 is 2.73 bits per heavy atom. The van der Waals surface area contributed by atoms with Gasteiger partial charge in [-0.1, -0.05) is 6.07 Å². The molecule has 15 heavy (non-hydrogen) atoms. The first kappa shape index (κ1) is 9.16. The first-order valence-electron chi connectivity index (χ1n) is 5.68. The molecule has 2 heterocycles. The molecule has 1 aliphatic carbocycles. The fourth-order valence-corrected chi connectivity index (χ4v) is 2.89. The number of rotatable bonds is 2. The number of aryl methyl sites for hydroxylation is 1. The summed E-state index contributed by atoms with van der Waals surface area (Å²) in [7, 11) is 0. The molecule has 0 spiro atoms. The molecule has 3 heteroatoms. The number of anilines is 1. The topological polar surface area (TPSA) is 42.1 Å². The van der Waals surface area contributed by atoms with Crippen LogP contribution in [0.2, 0.25) is 0 Å². The Kier molecular flexibility index (Phi) is 1.96. The minimum Gasteiger partial charge on any atom is -0.356 e. The molecule has 0 amide bonds. The Labute approximate surface area is 90.3 Å². The smallest absolute Gasteiger partial charge is 0.128 e. The molecule has 1 saturated carbocycles. The van der Waals surface area contributed by atoms with E-state index in [0.29, 0.717) is 0 Å². The monoisotopic (exact) mass is 203 g/mol. The molecule has 80 valence electrons. The van der Waals surface area contributed by atoms with Crippen molar-refractivity contribution in [2.75, 3.05) is 24.5 Å². The average molecular weight is 203 g/mol. The first-order chi connectivity index (χ1) is 7.29. The Balaban J connectivity index is 1.72. The van der Waals surface area contributed by atoms with E-state index in [0.717, 1.165) is 48.9 Å². The van der Waals surface area contributed by atoms with E-state index in [2.05, 4.69) is 22.0 Å². The second-order valence-corrected chi connectivity index (χ2v) is 4.77. The third kappa shape index (κ3) is 1.42. The van der Waals surface area contributed by atoms with Gasteiger partial charge in [-0.05, 0) is 43.4 Å². The van der Waals surface area contributed by atoms with E-state index in [1.807, 2.05) is 13.0 Å². The third-order valence-electron chi connectivity index (χ3n) is 3.84. The fourth-order valence-electron chi connectivity index (χ4n) is 2.89. The van der Waals surface area contributed by atoms with E-state index in [9.17, 15) is 0 Å². The number of aromatic nitrogens is 1. The number of nitrogens with two attached hydrogens (primary N) is 1. The summed E-state index contributed by atoms with van der Waals surface area (Å²) in [5.41, 5.74) is 6.80. The molecule has 0 aromatic carbocycles. The maximum absolute atomic E-state index is 5.70. The largest absolute Gasteiger partial charge is 0.356 e.